The second-order valence-electron chi connectivity index (χ2n) is 9.06. The molecule has 1 aliphatic carbocycles. The van der Waals surface area contributed by atoms with Crippen LogP contribution >= 0.6 is 0 Å². The van der Waals surface area contributed by atoms with E-state index in [-0.39, 0.29) is 24.6 Å². The van der Waals surface area contributed by atoms with Crippen LogP contribution in [0.5, 0.6) is 0 Å². The van der Waals surface area contributed by atoms with Crippen LogP contribution in [-0.4, -0.2) is 96.7 Å². The average Bonchev–Trinajstić information content (AvgIpc) is 2.97. The van der Waals surface area contributed by atoms with Crippen molar-refractivity contribution in [2.75, 3.05) is 59.2 Å². The summed E-state index contributed by atoms with van der Waals surface area (Å²) in [7, 11) is 0. The first-order chi connectivity index (χ1) is 15.6. The van der Waals surface area contributed by atoms with Crippen molar-refractivity contribution in [3.63, 3.8) is 0 Å². The summed E-state index contributed by atoms with van der Waals surface area (Å²) < 4.78 is 5.33. The van der Waals surface area contributed by atoms with E-state index in [1.54, 1.807) is 0 Å². The molecule has 5 amide bonds. The number of rotatable bonds is 2. The second kappa shape index (κ2) is 8.71. The van der Waals surface area contributed by atoms with Crippen LogP contribution in [0.2, 0.25) is 0 Å². The first-order valence-corrected chi connectivity index (χ1v) is 11.6. The normalized spacial score (nSPS) is 26.8. The molecule has 3 fully saturated rings. The van der Waals surface area contributed by atoms with E-state index < -0.39 is 5.54 Å². The van der Waals surface area contributed by atoms with Crippen molar-refractivity contribution in [2.24, 2.45) is 0 Å². The Balaban J connectivity index is 1.24. The molecule has 1 aromatic rings. The van der Waals surface area contributed by atoms with Gasteiger partial charge in [-0.25, -0.2) is 14.5 Å². The van der Waals surface area contributed by atoms with E-state index in [1.807, 2.05) is 28.0 Å². The molecule has 5 rings (SSSR count). The molecule has 1 atom stereocenters. The van der Waals surface area contributed by atoms with Gasteiger partial charge in [-0.1, -0.05) is 24.3 Å². The maximum atomic E-state index is 13.6. The summed E-state index contributed by atoms with van der Waals surface area (Å²) in [4.78, 5) is 46.4. The Morgan fingerprint density at radius 1 is 0.969 bits per heavy atom. The Morgan fingerprint density at radius 2 is 1.69 bits per heavy atom. The van der Waals surface area contributed by atoms with Gasteiger partial charge < -0.3 is 19.9 Å². The smallest absolute Gasteiger partial charge is 0.326 e. The highest BCUT2D eigenvalue weighted by Crippen LogP contribution is 2.39. The summed E-state index contributed by atoms with van der Waals surface area (Å²) in [6, 6.07) is 7.72. The average molecular weight is 442 g/mol. The Bertz CT molecular complexity index is 894. The lowest BCUT2D eigenvalue weighted by atomic mass is 9.84. The molecular weight excluding hydrogens is 410 g/mol. The number of fused-ring (bicyclic) bond motifs is 2. The highest BCUT2D eigenvalue weighted by Gasteiger charge is 2.53. The molecule has 0 bridgehead atoms. The lowest BCUT2D eigenvalue weighted by Gasteiger charge is -2.39. The predicted molar refractivity (Wildman–Crippen MR) is 117 cm³/mol. The minimum absolute atomic E-state index is 0.0527. The number of urea groups is 2. The third-order valence-electron chi connectivity index (χ3n) is 7.17. The minimum atomic E-state index is -0.946. The van der Waals surface area contributed by atoms with Crippen LogP contribution in [0.15, 0.2) is 24.3 Å². The number of hydrogen-bond donors (Lipinski definition) is 1. The quantitative estimate of drug-likeness (QED) is 0.697. The Kier molecular flexibility index (Phi) is 5.77. The number of piperazine rings is 1. The first-order valence-electron chi connectivity index (χ1n) is 11.6. The van der Waals surface area contributed by atoms with Crippen molar-refractivity contribution in [3.8, 4) is 0 Å². The molecule has 4 aliphatic rings. The molecule has 1 N–H and O–H groups in total. The number of aryl methyl sites for hydroxylation is 1. The number of ether oxygens (including phenoxy) is 1. The number of carbonyl (C=O) groups excluding carboxylic acids is 3. The van der Waals surface area contributed by atoms with E-state index in [4.69, 9.17) is 4.74 Å². The number of imide groups is 1. The summed E-state index contributed by atoms with van der Waals surface area (Å²) in [5.74, 6) is -0.149. The summed E-state index contributed by atoms with van der Waals surface area (Å²) in [5.41, 5.74) is 1.15. The van der Waals surface area contributed by atoms with Gasteiger partial charge in [-0.2, -0.15) is 0 Å². The van der Waals surface area contributed by atoms with Crippen LogP contribution in [0.4, 0.5) is 9.59 Å². The van der Waals surface area contributed by atoms with E-state index in [9.17, 15) is 14.4 Å². The maximum absolute atomic E-state index is 13.6. The van der Waals surface area contributed by atoms with Gasteiger partial charge in [-0.3, -0.25) is 9.69 Å². The maximum Gasteiger partial charge on any atom is 0.326 e. The second-order valence-corrected chi connectivity index (χ2v) is 9.06. The number of benzene rings is 1. The van der Waals surface area contributed by atoms with Gasteiger partial charge in [0, 0.05) is 39.3 Å². The van der Waals surface area contributed by atoms with Crippen LogP contribution in [0, 0.1) is 0 Å². The van der Waals surface area contributed by atoms with Crippen LogP contribution in [0.3, 0.4) is 0 Å². The molecule has 0 unspecified atom stereocenters. The molecule has 0 saturated carbocycles. The van der Waals surface area contributed by atoms with Crippen molar-refractivity contribution in [1.29, 1.82) is 0 Å². The molecule has 3 heterocycles. The number of amides is 5. The molecule has 32 heavy (non-hydrogen) atoms. The van der Waals surface area contributed by atoms with Gasteiger partial charge >= 0.3 is 12.1 Å². The number of nitrogens with zero attached hydrogens (tertiary/aromatic N) is 4. The Morgan fingerprint density at radius 3 is 2.47 bits per heavy atom. The predicted octanol–water partition coefficient (Wildman–Crippen LogP) is 1.19. The van der Waals surface area contributed by atoms with Crippen LogP contribution < -0.4 is 5.32 Å². The highest BCUT2D eigenvalue weighted by atomic mass is 16.5. The standard InChI is InChI=1S/C23H31N5O4/c29-20-23(8-4-3-6-18-5-1-2-7-19(18)23)24-21(30)28(20)17-25-9-11-26(12-10-25)22(31)27-13-15-32-16-14-27/h1-2,5,7H,3-4,6,8-17H2,(H,24,30)/t23-/m0/s1. The van der Waals surface area contributed by atoms with Gasteiger partial charge in [0.05, 0.1) is 19.9 Å². The van der Waals surface area contributed by atoms with Gasteiger partial charge in [-0.15, -0.1) is 0 Å². The number of hydrogen-bond acceptors (Lipinski definition) is 5. The van der Waals surface area contributed by atoms with Crippen molar-refractivity contribution >= 4 is 18.0 Å². The van der Waals surface area contributed by atoms with Crippen LogP contribution in [-0.2, 0) is 21.5 Å². The number of nitrogens with one attached hydrogen (secondary N) is 1. The zero-order valence-electron chi connectivity index (χ0n) is 18.4. The minimum Gasteiger partial charge on any atom is -0.378 e. The topological polar surface area (TPSA) is 85.4 Å². The Labute approximate surface area is 188 Å². The fourth-order valence-corrected chi connectivity index (χ4v) is 5.34. The zero-order chi connectivity index (χ0) is 22.1. The highest BCUT2D eigenvalue weighted by molar-refractivity contribution is 6.07. The molecule has 0 aromatic heterocycles. The monoisotopic (exact) mass is 441 g/mol. The lowest BCUT2D eigenvalue weighted by Crippen LogP contribution is -2.56. The number of morpholine rings is 1. The molecule has 172 valence electrons. The van der Waals surface area contributed by atoms with Gasteiger partial charge in [0.2, 0.25) is 0 Å². The van der Waals surface area contributed by atoms with E-state index in [0.717, 1.165) is 30.4 Å². The van der Waals surface area contributed by atoms with Crippen molar-refractivity contribution < 1.29 is 19.1 Å². The molecule has 9 nitrogen and oxygen atoms in total. The molecule has 3 aliphatic heterocycles. The summed E-state index contributed by atoms with van der Waals surface area (Å²) in [6.07, 6.45) is 3.48. The third kappa shape index (κ3) is 3.73. The van der Waals surface area contributed by atoms with E-state index in [1.165, 1.54) is 4.90 Å². The van der Waals surface area contributed by atoms with Gasteiger partial charge in [0.25, 0.3) is 5.91 Å². The van der Waals surface area contributed by atoms with Crippen LogP contribution in [0.1, 0.15) is 30.4 Å². The van der Waals surface area contributed by atoms with Gasteiger partial charge in [0.1, 0.15) is 5.54 Å². The van der Waals surface area contributed by atoms with Crippen molar-refractivity contribution in [2.45, 2.75) is 31.2 Å². The molecule has 1 spiro atoms. The largest absolute Gasteiger partial charge is 0.378 e. The van der Waals surface area contributed by atoms with E-state index in [2.05, 4.69) is 16.3 Å². The number of carbonyl (C=O) groups is 3. The zero-order valence-corrected chi connectivity index (χ0v) is 18.4. The molecule has 0 radical (unpaired) electrons. The molecule has 9 heteroatoms. The fourth-order valence-electron chi connectivity index (χ4n) is 5.34. The van der Waals surface area contributed by atoms with Gasteiger partial charge in [0.15, 0.2) is 0 Å². The lowest BCUT2D eigenvalue weighted by molar-refractivity contribution is -0.133. The van der Waals surface area contributed by atoms with E-state index >= 15 is 0 Å². The summed E-state index contributed by atoms with van der Waals surface area (Å²) >= 11 is 0. The van der Waals surface area contributed by atoms with E-state index in [0.29, 0.717) is 58.9 Å². The molecular formula is C23H31N5O4. The first kappa shape index (κ1) is 21.2. The SMILES string of the molecule is O=C(N1CCOCC1)N1CCN(CN2C(=O)N[C@]3(CCCCc4ccccc43)C2=O)CC1. The summed E-state index contributed by atoms with van der Waals surface area (Å²) in [5, 5.41) is 3.05. The fraction of sp³-hybridized carbons (Fsp3) is 0.609. The van der Waals surface area contributed by atoms with Gasteiger partial charge in [-0.05, 0) is 36.8 Å². The van der Waals surface area contributed by atoms with Crippen molar-refractivity contribution in [3.05, 3.63) is 35.4 Å². The molecule has 1 aromatic carbocycles. The third-order valence-corrected chi connectivity index (χ3v) is 7.17. The van der Waals surface area contributed by atoms with Crippen molar-refractivity contribution in [1.82, 2.24) is 24.9 Å². The Hall–Kier alpha value is -2.65. The molecule has 3 saturated heterocycles. The van der Waals surface area contributed by atoms with Crippen LogP contribution in [0.25, 0.3) is 0 Å². The summed E-state index contributed by atoms with van der Waals surface area (Å²) in [6.45, 7) is 5.14.